The molecule has 0 saturated heterocycles. The summed E-state index contributed by atoms with van der Waals surface area (Å²) in [6.07, 6.45) is 3.41. The van der Waals surface area contributed by atoms with Crippen molar-refractivity contribution in [1.29, 1.82) is 0 Å². The standard InChI is InChI=1S/2C13H16O2.C6H14O2.Ti/c2*1-13(2,3)12(15)9-11(14)10-7-5-4-6-8-10;1-5(7)3-4-6(2)8;/h2*4-9,14H,1-3H3;5-8H,3-4H2,1-2H3;/b2*11-9+;;. The van der Waals surface area contributed by atoms with Gasteiger partial charge in [0.1, 0.15) is 11.5 Å². The van der Waals surface area contributed by atoms with Gasteiger partial charge in [-0.05, 0) is 26.7 Å². The Kier molecular flexibility index (Phi) is 18.6. The van der Waals surface area contributed by atoms with E-state index >= 15 is 0 Å². The zero-order valence-electron chi connectivity index (χ0n) is 24.6. The van der Waals surface area contributed by atoms with E-state index in [4.69, 9.17) is 10.2 Å². The number of rotatable bonds is 7. The third kappa shape index (κ3) is 18.4. The van der Waals surface area contributed by atoms with Gasteiger partial charge in [-0.15, -0.1) is 0 Å². The second-order valence-corrected chi connectivity index (χ2v) is 11.3. The van der Waals surface area contributed by atoms with Gasteiger partial charge in [0.15, 0.2) is 11.6 Å². The number of allylic oxidation sites excluding steroid dienone is 2. The molecule has 0 aromatic heterocycles. The molecule has 0 aliphatic heterocycles. The van der Waals surface area contributed by atoms with Gasteiger partial charge in [0.25, 0.3) is 0 Å². The van der Waals surface area contributed by atoms with Crippen molar-refractivity contribution in [3.8, 4) is 0 Å². The summed E-state index contributed by atoms with van der Waals surface area (Å²) in [6, 6.07) is 18.1. The van der Waals surface area contributed by atoms with Gasteiger partial charge in [0, 0.05) is 55.8 Å². The first-order valence-electron chi connectivity index (χ1n) is 12.8. The molecule has 4 N–H and O–H groups in total. The molecule has 7 heteroatoms. The summed E-state index contributed by atoms with van der Waals surface area (Å²) >= 11 is 0. The van der Waals surface area contributed by atoms with Crippen molar-refractivity contribution in [3.05, 3.63) is 83.9 Å². The molecule has 6 nitrogen and oxygen atoms in total. The molecular formula is C32H46O6Ti. The summed E-state index contributed by atoms with van der Waals surface area (Å²) in [5.41, 5.74) is 0.413. The van der Waals surface area contributed by atoms with Gasteiger partial charge in [-0.25, -0.2) is 0 Å². The van der Waals surface area contributed by atoms with E-state index < -0.39 is 10.8 Å². The minimum atomic E-state index is -0.456. The van der Waals surface area contributed by atoms with E-state index in [9.17, 15) is 19.8 Å². The van der Waals surface area contributed by atoms with Crippen LogP contribution in [-0.4, -0.2) is 44.2 Å². The summed E-state index contributed by atoms with van der Waals surface area (Å²) in [4.78, 5) is 23.2. The number of aliphatic hydroxyl groups is 4. The van der Waals surface area contributed by atoms with Gasteiger partial charge in [-0.1, -0.05) is 102 Å². The van der Waals surface area contributed by atoms with Crippen molar-refractivity contribution in [1.82, 2.24) is 0 Å². The fourth-order valence-corrected chi connectivity index (χ4v) is 2.55. The van der Waals surface area contributed by atoms with Crippen molar-refractivity contribution < 1.29 is 51.7 Å². The maximum atomic E-state index is 11.6. The molecule has 214 valence electrons. The van der Waals surface area contributed by atoms with Gasteiger partial charge in [0.2, 0.25) is 0 Å². The molecule has 2 rings (SSSR count). The summed E-state index contributed by atoms with van der Waals surface area (Å²) in [5, 5.41) is 36.8. The second-order valence-electron chi connectivity index (χ2n) is 11.3. The number of carbonyl (C=O) groups excluding carboxylic acids is 2. The molecule has 0 fully saturated rings. The first-order valence-corrected chi connectivity index (χ1v) is 12.8. The Morgan fingerprint density at radius 3 is 1.10 bits per heavy atom. The molecular weight excluding hydrogens is 528 g/mol. The van der Waals surface area contributed by atoms with E-state index in [-0.39, 0.29) is 57.0 Å². The average molecular weight is 575 g/mol. The summed E-state index contributed by atoms with van der Waals surface area (Å²) in [5.74, 6) is -0.112. The van der Waals surface area contributed by atoms with Crippen molar-refractivity contribution in [3.63, 3.8) is 0 Å². The number of carbonyl (C=O) groups is 2. The van der Waals surface area contributed by atoms with Crippen molar-refractivity contribution in [2.45, 2.75) is 80.4 Å². The van der Waals surface area contributed by atoms with Gasteiger partial charge < -0.3 is 20.4 Å². The number of aliphatic hydroxyl groups excluding tert-OH is 4. The number of hydrogen-bond donors (Lipinski definition) is 4. The molecule has 0 saturated carbocycles. The molecule has 0 radical (unpaired) electrons. The van der Waals surface area contributed by atoms with Crippen molar-refractivity contribution in [2.24, 2.45) is 10.8 Å². The van der Waals surface area contributed by atoms with Crippen LogP contribution in [0.1, 0.15) is 79.4 Å². The number of benzene rings is 2. The maximum Gasteiger partial charge on any atom is 0.164 e. The topological polar surface area (TPSA) is 115 Å². The van der Waals surface area contributed by atoms with Crippen LogP contribution in [0.2, 0.25) is 0 Å². The van der Waals surface area contributed by atoms with E-state index in [0.29, 0.717) is 24.0 Å². The molecule has 0 spiro atoms. The predicted molar refractivity (Wildman–Crippen MR) is 156 cm³/mol. The third-order valence-electron chi connectivity index (χ3n) is 5.16. The molecule has 2 unspecified atom stereocenters. The number of ketones is 2. The summed E-state index contributed by atoms with van der Waals surface area (Å²) < 4.78 is 0. The molecule has 0 aliphatic carbocycles. The molecule has 0 aliphatic rings. The fraction of sp³-hybridized carbons (Fsp3) is 0.438. The van der Waals surface area contributed by atoms with Crippen LogP contribution < -0.4 is 0 Å². The van der Waals surface area contributed by atoms with Gasteiger partial charge in [-0.2, -0.15) is 0 Å². The van der Waals surface area contributed by atoms with E-state index in [2.05, 4.69) is 0 Å². The van der Waals surface area contributed by atoms with Crippen LogP contribution in [0.15, 0.2) is 72.8 Å². The largest absolute Gasteiger partial charge is 0.507 e. The van der Waals surface area contributed by atoms with Crippen LogP contribution in [0.4, 0.5) is 0 Å². The minimum Gasteiger partial charge on any atom is -0.507 e. The minimum absolute atomic E-state index is 0. The first-order chi connectivity index (χ1) is 17.4. The van der Waals surface area contributed by atoms with E-state index in [1.807, 2.05) is 77.9 Å². The zero-order chi connectivity index (χ0) is 29.5. The Labute approximate surface area is 249 Å². The predicted octanol–water partition coefficient (Wildman–Crippen LogP) is 6.93. The van der Waals surface area contributed by atoms with Gasteiger partial charge >= 0.3 is 0 Å². The van der Waals surface area contributed by atoms with Gasteiger partial charge in [0.05, 0.1) is 12.2 Å². The molecule has 2 aromatic carbocycles. The normalized spacial score (nSPS) is 13.4. The average Bonchev–Trinajstić information content (AvgIpc) is 2.83. The van der Waals surface area contributed by atoms with Crippen LogP contribution in [0, 0.1) is 10.8 Å². The SMILES string of the molecule is CC(C)(C)C(=O)/C=C(/O)c1ccccc1.CC(C)(C)C(=O)/C=C(/O)c1ccccc1.CC(O)CCC(C)O.[Ti]. The smallest absolute Gasteiger partial charge is 0.164 e. The molecule has 0 bridgehead atoms. The van der Waals surface area contributed by atoms with Crippen molar-refractivity contribution >= 4 is 23.1 Å². The van der Waals surface area contributed by atoms with E-state index in [1.165, 1.54) is 12.2 Å². The molecule has 39 heavy (non-hydrogen) atoms. The Bertz CT molecular complexity index is 942. The van der Waals surface area contributed by atoms with Crippen LogP contribution in [0.3, 0.4) is 0 Å². The third-order valence-corrected chi connectivity index (χ3v) is 5.16. The van der Waals surface area contributed by atoms with E-state index in [0.717, 1.165) is 0 Å². The van der Waals surface area contributed by atoms with Crippen LogP contribution in [0.25, 0.3) is 11.5 Å². The van der Waals surface area contributed by atoms with Crippen LogP contribution >= 0.6 is 0 Å². The molecule has 0 heterocycles. The number of hydrogen-bond acceptors (Lipinski definition) is 6. The van der Waals surface area contributed by atoms with E-state index in [1.54, 1.807) is 38.1 Å². The molecule has 0 amide bonds. The Morgan fingerprint density at radius 1 is 0.641 bits per heavy atom. The second kappa shape index (κ2) is 18.7. The maximum absolute atomic E-state index is 11.6. The Hall–Kier alpha value is -2.51. The Morgan fingerprint density at radius 2 is 0.897 bits per heavy atom. The molecule has 2 atom stereocenters. The summed E-state index contributed by atoms with van der Waals surface area (Å²) in [6.45, 7) is 14.4. The summed E-state index contributed by atoms with van der Waals surface area (Å²) in [7, 11) is 0. The van der Waals surface area contributed by atoms with Gasteiger partial charge in [-0.3, -0.25) is 9.59 Å². The van der Waals surface area contributed by atoms with Crippen LogP contribution in [-0.2, 0) is 31.3 Å². The van der Waals surface area contributed by atoms with Crippen molar-refractivity contribution in [2.75, 3.05) is 0 Å². The quantitative estimate of drug-likeness (QED) is 0.162. The molecule has 2 aromatic rings. The Balaban J connectivity index is 0. The fourth-order valence-electron chi connectivity index (χ4n) is 2.55. The zero-order valence-corrected chi connectivity index (χ0v) is 26.2. The van der Waals surface area contributed by atoms with Crippen LogP contribution in [0.5, 0.6) is 0 Å². The monoisotopic (exact) mass is 574 g/mol. The first kappa shape index (κ1) is 38.6.